The summed E-state index contributed by atoms with van der Waals surface area (Å²) < 4.78 is 0. The lowest BCUT2D eigenvalue weighted by molar-refractivity contribution is -0.124. The van der Waals surface area contributed by atoms with Crippen LogP contribution in [0.1, 0.15) is 27.7 Å². The van der Waals surface area contributed by atoms with E-state index in [1.165, 1.54) is 0 Å². The van der Waals surface area contributed by atoms with Crippen molar-refractivity contribution in [3.8, 4) is 6.07 Å². The zero-order valence-corrected chi connectivity index (χ0v) is 11.8. The van der Waals surface area contributed by atoms with Gasteiger partial charge in [0.1, 0.15) is 5.54 Å². The van der Waals surface area contributed by atoms with Crippen molar-refractivity contribution in [1.29, 1.82) is 5.26 Å². The Kier molecular flexibility index (Phi) is 5.12. The van der Waals surface area contributed by atoms with Crippen molar-refractivity contribution in [1.82, 2.24) is 15.5 Å². The standard InChI is InChI=1S/C13H24N4O/c1-10(2)13(4,9-14)16-12(18)8-17-6-5-15-7-11(17)3/h10-11,15H,5-8H2,1-4H3,(H,16,18)/t11-,13?/m0/s1. The second-order valence-electron chi connectivity index (χ2n) is 5.54. The van der Waals surface area contributed by atoms with Crippen LogP contribution in [0.3, 0.4) is 0 Å². The molecule has 5 nitrogen and oxygen atoms in total. The summed E-state index contributed by atoms with van der Waals surface area (Å²) in [5, 5.41) is 15.3. The molecule has 1 fully saturated rings. The smallest absolute Gasteiger partial charge is 0.235 e. The SMILES string of the molecule is CC(C)C(C)(C#N)NC(=O)CN1CCNC[C@@H]1C. The minimum Gasteiger partial charge on any atom is -0.337 e. The maximum Gasteiger partial charge on any atom is 0.235 e. The summed E-state index contributed by atoms with van der Waals surface area (Å²) in [6, 6.07) is 2.55. The van der Waals surface area contributed by atoms with Gasteiger partial charge in [0.2, 0.25) is 5.91 Å². The van der Waals surface area contributed by atoms with Crippen LogP contribution in [-0.2, 0) is 4.79 Å². The number of piperazine rings is 1. The van der Waals surface area contributed by atoms with E-state index in [-0.39, 0.29) is 11.8 Å². The number of nitrogens with zero attached hydrogens (tertiary/aromatic N) is 2. The predicted octanol–water partition coefficient (Wildman–Crippen LogP) is 0.335. The fourth-order valence-corrected chi connectivity index (χ4v) is 1.93. The van der Waals surface area contributed by atoms with E-state index in [1.807, 2.05) is 13.8 Å². The van der Waals surface area contributed by atoms with E-state index in [4.69, 9.17) is 0 Å². The number of rotatable bonds is 4. The first kappa shape index (κ1) is 14.9. The second-order valence-corrected chi connectivity index (χ2v) is 5.54. The highest BCUT2D eigenvalue weighted by Gasteiger charge is 2.31. The molecule has 0 spiro atoms. The van der Waals surface area contributed by atoms with Crippen molar-refractivity contribution >= 4 is 5.91 Å². The highest BCUT2D eigenvalue weighted by Crippen LogP contribution is 2.15. The van der Waals surface area contributed by atoms with Gasteiger partial charge in [0.05, 0.1) is 12.6 Å². The van der Waals surface area contributed by atoms with Crippen molar-refractivity contribution in [3.05, 3.63) is 0 Å². The molecular weight excluding hydrogens is 228 g/mol. The molecule has 1 aliphatic heterocycles. The first-order chi connectivity index (χ1) is 8.39. The Balaban J connectivity index is 2.53. The Hall–Kier alpha value is -1.12. The van der Waals surface area contributed by atoms with Crippen LogP contribution in [0.2, 0.25) is 0 Å². The minimum atomic E-state index is -0.783. The molecule has 2 atom stereocenters. The van der Waals surface area contributed by atoms with Crippen LogP contribution in [0.25, 0.3) is 0 Å². The summed E-state index contributed by atoms with van der Waals surface area (Å²) in [5.41, 5.74) is -0.783. The summed E-state index contributed by atoms with van der Waals surface area (Å²) in [6.07, 6.45) is 0. The Morgan fingerprint density at radius 3 is 2.83 bits per heavy atom. The normalized spacial score (nSPS) is 24.3. The maximum absolute atomic E-state index is 12.0. The first-order valence-electron chi connectivity index (χ1n) is 6.56. The van der Waals surface area contributed by atoms with Gasteiger partial charge in [0, 0.05) is 25.7 Å². The molecule has 18 heavy (non-hydrogen) atoms. The minimum absolute atomic E-state index is 0.0681. The van der Waals surface area contributed by atoms with Crippen molar-refractivity contribution in [2.75, 3.05) is 26.2 Å². The molecule has 1 heterocycles. The third-order valence-electron chi connectivity index (χ3n) is 3.77. The molecular formula is C13H24N4O. The molecule has 0 radical (unpaired) electrons. The van der Waals surface area contributed by atoms with Gasteiger partial charge in [-0.15, -0.1) is 0 Å². The van der Waals surface area contributed by atoms with Crippen molar-refractivity contribution < 1.29 is 4.79 Å². The topological polar surface area (TPSA) is 68.2 Å². The lowest BCUT2D eigenvalue weighted by Crippen LogP contribution is -2.56. The van der Waals surface area contributed by atoms with Crippen molar-refractivity contribution in [2.45, 2.75) is 39.3 Å². The lowest BCUT2D eigenvalue weighted by atomic mass is 9.90. The second kappa shape index (κ2) is 6.17. The van der Waals surface area contributed by atoms with Crippen LogP contribution in [0.4, 0.5) is 0 Å². The van der Waals surface area contributed by atoms with Crippen LogP contribution in [0.5, 0.6) is 0 Å². The molecule has 0 aromatic heterocycles. The molecule has 102 valence electrons. The fraction of sp³-hybridized carbons (Fsp3) is 0.846. The van der Waals surface area contributed by atoms with Crippen LogP contribution >= 0.6 is 0 Å². The number of carbonyl (C=O) groups is 1. The molecule has 0 aromatic carbocycles. The van der Waals surface area contributed by atoms with Crippen LogP contribution in [-0.4, -0.2) is 48.6 Å². The molecule has 0 aliphatic carbocycles. The van der Waals surface area contributed by atoms with E-state index in [0.29, 0.717) is 12.6 Å². The summed E-state index contributed by atoms with van der Waals surface area (Å²) in [5.74, 6) is 0.0217. The molecule has 1 rings (SSSR count). The van der Waals surface area contributed by atoms with E-state index >= 15 is 0 Å². The number of hydrogen-bond acceptors (Lipinski definition) is 4. The van der Waals surface area contributed by atoms with E-state index in [0.717, 1.165) is 19.6 Å². The summed E-state index contributed by atoms with van der Waals surface area (Å²) >= 11 is 0. The average molecular weight is 252 g/mol. The van der Waals surface area contributed by atoms with Gasteiger partial charge in [0.15, 0.2) is 0 Å². The van der Waals surface area contributed by atoms with Crippen molar-refractivity contribution in [2.24, 2.45) is 5.92 Å². The van der Waals surface area contributed by atoms with Gasteiger partial charge in [-0.05, 0) is 19.8 Å². The summed E-state index contributed by atoms with van der Waals surface area (Å²) in [6.45, 7) is 10.8. The first-order valence-corrected chi connectivity index (χ1v) is 6.56. The zero-order chi connectivity index (χ0) is 13.8. The van der Waals surface area contributed by atoms with E-state index in [2.05, 4.69) is 28.5 Å². The summed E-state index contributed by atoms with van der Waals surface area (Å²) in [4.78, 5) is 14.2. The lowest BCUT2D eigenvalue weighted by Gasteiger charge is -2.34. The van der Waals surface area contributed by atoms with Gasteiger partial charge in [0.25, 0.3) is 0 Å². The third kappa shape index (κ3) is 3.69. The average Bonchev–Trinajstić information content (AvgIpc) is 2.31. The Labute approximate surface area is 110 Å². The highest BCUT2D eigenvalue weighted by molar-refractivity contribution is 5.79. The Morgan fingerprint density at radius 1 is 1.67 bits per heavy atom. The number of hydrogen-bond donors (Lipinski definition) is 2. The van der Waals surface area contributed by atoms with Gasteiger partial charge < -0.3 is 10.6 Å². The molecule has 0 saturated carbocycles. The largest absolute Gasteiger partial charge is 0.337 e. The van der Waals surface area contributed by atoms with Crippen LogP contribution in [0.15, 0.2) is 0 Å². The van der Waals surface area contributed by atoms with Gasteiger partial charge >= 0.3 is 0 Å². The van der Waals surface area contributed by atoms with E-state index in [1.54, 1.807) is 6.92 Å². The number of amides is 1. The quantitative estimate of drug-likeness (QED) is 0.757. The zero-order valence-electron chi connectivity index (χ0n) is 11.8. The van der Waals surface area contributed by atoms with Crippen molar-refractivity contribution in [3.63, 3.8) is 0 Å². The molecule has 1 amide bonds. The van der Waals surface area contributed by atoms with Gasteiger partial charge in [-0.1, -0.05) is 13.8 Å². The number of carbonyl (C=O) groups excluding carboxylic acids is 1. The molecule has 1 unspecified atom stereocenters. The molecule has 2 N–H and O–H groups in total. The number of nitriles is 1. The monoisotopic (exact) mass is 252 g/mol. The molecule has 0 bridgehead atoms. The molecule has 0 aromatic rings. The molecule has 5 heteroatoms. The van der Waals surface area contributed by atoms with E-state index < -0.39 is 5.54 Å². The van der Waals surface area contributed by atoms with Gasteiger partial charge in [-0.2, -0.15) is 5.26 Å². The predicted molar refractivity (Wildman–Crippen MR) is 70.9 cm³/mol. The Bertz CT molecular complexity index is 336. The molecule has 1 saturated heterocycles. The number of nitrogens with one attached hydrogen (secondary N) is 2. The van der Waals surface area contributed by atoms with E-state index in [9.17, 15) is 10.1 Å². The van der Waals surface area contributed by atoms with Crippen LogP contribution < -0.4 is 10.6 Å². The summed E-state index contributed by atoms with van der Waals surface area (Å²) in [7, 11) is 0. The fourth-order valence-electron chi connectivity index (χ4n) is 1.93. The highest BCUT2D eigenvalue weighted by atomic mass is 16.2. The van der Waals surface area contributed by atoms with Gasteiger partial charge in [-0.3, -0.25) is 9.69 Å². The molecule has 1 aliphatic rings. The van der Waals surface area contributed by atoms with Gasteiger partial charge in [-0.25, -0.2) is 0 Å². The van der Waals surface area contributed by atoms with Crippen LogP contribution in [0, 0.1) is 17.2 Å². The maximum atomic E-state index is 12.0. The Morgan fingerprint density at radius 2 is 2.33 bits per heavy atom. The third-order valence-corrected chi connectivity index (χ3v) is 3.77.